The van der Waals surface area contributed by atoms with Crippen LogP contribution in [0.25, 0.3) is 0 Å². The molecule has 0 aromatic rings. The minimum absolute atomic E-state index is 0.0458. The maximum absolute atomic E-state index is 6.01. The number of hydrogen-bond acceptors (Lipinski definition) is 4. The average Bonchev–Trinajstić information content (AvgIpc) is 3.38. The van der Waals surface area contributed by atoms with E-state index < -0.39 is 0 Å². The second-order valence-electron chi connectivity index (χ2n) is 7.38. The molecule has 0 aromatic heterocycles. The highest BCUT2D eigenvalue weighted by Crippen LogP contribution is 2.25. The molecule has 1 aliphatic heterocycles. The Balaban J connectivity index is 2.43. The van der Waals surface area contributed by atoms with Crippen LogP contribution >= 0.6 is 0 Å². The number of rotatable bonds is 15. The molecule has 4 heteroatoms. The van der Waals surface area contributed by atoms with E-state index in [1.807, 2.05) is 0 Å². The van der Waals surface area contributed by atoms with E-state index in [9.17, 15) is 0 Å². The van der Waals surface area contributed by atoms with E-state index in [-0.39, 0.29) is 5.41 Å². The van der Waals surface area contributed by atoms with Gasteiger partial charge in [-0.15, -0.1) is 0 Å². The lowest BCUT2D eigenvalue weighted by atomic mass is 9.88. The fourth-order valence-corrected chi connectivity index (χ4v) is 2.19. The normalized spacial score (nSPS) is 22.6. The summed E-state index contributed by atoms with van der Waals surface area (Å²) < 4.78 is 23.1. The van der Waals surface area contributed by atoms with Crippen LogP contribution in [0.5, 0.6) is 0 Å². The molecule has 23 heavy (non-hydrogen) atoms. The molecule has 0 N–H and O–H groups in total. The van der Waals surface area contributed by atoms with Crippen LogP contribution in [0.4, 0.5) is 0 Å². The fraction of sp³-hybridized carbons (Fsp3) is 1.00. The predicted molar refractivity (Wildman–Crippen MR) is 93.8 cm³/mol. The van der Waals surface area contributed by atoms with Crippen molar-refractivity contribution >= 4 is 0 Å². The van der Waals surface area contributed by atoms with Crippen molar-refractivity contribution < 1.29 is 18.9 Å². The first-order valence-corrected chi connectivity index (χ1v) is 9.40. The van der Waals surface area contributed by atoms with Gasteiger partial charge >= 0.3 is 0 Å². The molecule has 1 aliphatic rings. The predicted octanol–water partition coefficient (Wildman–Crippen LogP) is 3.92. The van der Waals surface area contributed by atoms with Gasteiger partial charge in [-0.25, -0.2) is 0 Å². The lowest BCUT2D eigenvalue weighted by Gasteiger charge is -2.33. The molecule has 0 amide bonds. The standard InChI is InChI=1S/C19H38O4/c1-6-16(4)9-20-13-19(8-3,14-21-10-17(5)7-2)15-22-11-18-12-23-18/h16-18H,6-15H2,1-5H3. The summed E-state index contributed by atoms with van der Waals surface area (Å²) in [7, 11) is 0. The highest BCUT2D eigenvalue weighted by Gasteiger charge is 2.32. The van der Waals surface area contributed by atoms with Crippen LogP contribution in [0, 0.1) is 17.3 Å². The molecule has 1 heterocycles. The SMILES string of the molecule is CCC(C)COCC(CC)(COCC(C)CC)COCC1CO1. The molecule has 1 fully saturated rings. The van der Waals surface area contributed by atoms with Gasteiger partial charge in [0, 0.05) is 18.6 Å². The monoisotopic (exact) mass is 330 g/mol. The molecule has 4 nitrogen and oxygen atoms in total. The van der Waals surface area contributed by atoms with Crippen LogP contribution in [-0.2, 0) is 18.9 Å². The Hall–Kier alpha value is -0.160. The Morgan fingerprint density at radius 2 is 1.39 bits per heavy atom. The van der Waals surface area contributed by atoms with E-state index in [4.69, 9.17) is 18.9 Å². The quantitative estimate of drug-likeness (QED) is 0.427. The molecule has 1 rings (SSSR count). The number of epoxide rings is 1. The Morgan fingerprint density at radius 1 is 0.913 bits per heavy atom. The maximum atomic E-state index is 6.01. The molecule has 0 radical (unpaired) electrons. The van der Waals surface area contributed by atoms with Gasteiger partial charge in [-0.1, -0.05) is 47.5 Å². The summed E-state index contributed by atoms with van der Waals surface area (Å²) >= 11 is 0. The third-order valence-electron chi connectivity index (χ3n) is 4.88. The summed E-state index contributed by atoms with van der Waals surface area (Å²) in [5.41, 5.74) is -0.0458. The van der Waals surface area contributed by atoms with Crippen LogP contribution in [0.1, 0.15) is 53.9 Å². The molecule has 0 aromatic carbocycles. The summed E-state index contributed by atoms with van der Waals surface area (Å²) in [5, 5.41) is 0. The van der Waals surface area contributed by atoms with Gasteiger partial charge in [-0.2, -0.15) is 0 Å². The zero-order chi connectivity index (χ0) is 17.1. The van der Waals surface area contributed by atoms with Gasteiger partial charge in [0.1, 0.15) is 6.10 Å². The Morgan fingerprint density at radius 3 is 1.78 bits per heavy atom. The van der Waals surface area contributed by atoms with E-state index in [0.29, 0.717) is 44.4 Å². The molecule has 1 saturated heterocycles. The van der Waals surface area contributed by atoms with Gasteiger partial charge < -0.3 is 18.9 Å². The largest absolute Gasteiger partial charge is 0.380 e. The van der Waals surface area contributed by atoms with E-state index >= 15 is 0 Å². The van der Waals surface area contributed by atoms with Gasteiger partial charge in [0.15, 0.2) is 0 Å². The van der Waals surface area contributed by atoms with Crippen LogP contribution < -0.4 is 0 Å². The smallest absolute Gasteiger partial charge is 0.104 e. The highest BCUT2D eigenvalue weighted by molar-refractivity contribution is 4.79. The van der Waals surface area contributed by atoms with Crippen molar-refractivity contribution in [2.45, 2.75) is 60.0 Å². The van der Waals surface area contributed by atoms with Gasteiger partial charge in [-0.05, 0) is 18.3 Å². The van der Waals surface area contributed by atoms with Crippen molar-refractivity contribution in [3.05, 3.63) is 0 Å². The lowest BCUT2D eigenvalue weighted by Crippen LogP contribution is -2.38. The number of ether oxygens (including phenoxy) is 4. The summed E-state index contributed by atoms with van der Waals surface area (Å²) in [6.45, 7) is 16.3. The highest BCUT2D eigenvalue weighted by atomic mass is 16.6. The van der Waals surface area contributed by atoms with E-state index in [1.54, 1.807) is 0 Å². The second kappa shape index (κ2) is 11.4. The third-order valence-corrected chi connectivity index (χ3v) is 4.88. The number of hydrogen-bond donors (Lipinski definition) is 0. The van der Waals surface area contributed by atoms with E-state index in [0.717, 1.165) is 39.1 Å². The molecular weight excluding hydrogens is 292 g/mol. The molecule has 138 valence electrons. The van der Waals surface area contributed by atoms with E-state index in [2.05, 4.69) is 34.6 Å². The molecular formula is C19H38O4. The molecule has 0 spiro atoms. The topological polar surface area (TPSA) is 40.2 Å². The maximum Gasteiger partial charge on any atom is 0.104 e. The first-order valence-electron chi connectivity index (χ1n) is 9.40. The van der Waals surface area contributed by atoms with Crippen LogP contribution in [0.3, 0.4) is 0 Å². The van der Waals surface area contributed by atoms with Crippen molar-refractivity contribution in [2.75, 3.05) is 46.2 Å². The second-order valence-corrected chi connectivity index (χ2v) is 7.38. The van der Waals surface area contributed by atoms with Crippen LogP contribution in [-0.4, -0.2) is 52.4 Å². The van der Waals surface area contributed by atoms with Crippen LogP contribution in [0.15, 0.2) is 0 Å². The van der Waals surface area contributed by atoms with Crippen molar-refractivity contribution in [3.63, 3.8) is 0 Å². The molecule has 3 atom stereocenters. The average molecular weight is 331 g/mol. The zero-order valence-electron chi connectivity index (χ0n) is 15.9. The Labute approximate surface area is 143 Å². The first kappa shape index (κ1) is 20.9. The van der Waals surface area contributed by atoms with Crippen molar-refractivity contribution in [1.29, 1.82) is 0 Å². The van der Waals surface area contributed by atoms with Crippen molar-refractivity contribution in [2.24, 2.45) is 17.3 Å². The minimum Gasteiger partial charge on any atom is -0.380 e. The molecule has 3 unspecified atom stereocenters. The van der Waals surface area contributed by atoms with Crippen molar-refractivity contribution in [1.82, 2.24) is 0 Å². The summed E-state index contributed by atoms with van der Waals surface area (Å²) in [6.07, 6.45) is 3.62. The molecule has 0 aliphatic carbocycles. The fourth-order valence-electron chi connectivity index (χ4n) is 2.19. The lowest BCUT2D eigenvalue weighted by molar-refractivity contribution is -0.0810. The molecule has 0 bridgehead atoms. The van der Waals surface area contributed by atoms with Gasteiger partial charge in [0.25, 0.3) is 0 Å². The molecule has 0 saturated carbocycles. The van der Waals surface area contributed by atoms with Gasteiger partial charge in [0.05, 0.1) is 33.0 Å². The first-order chi connectivity index (χ1) is 11.0. The van der Waals surface area contributed by atoms with Crippen molar-refractivity contribution in [3.8, 4) is 0 Å². The van der Waals surface area contributed by atoms with Gasteiger partial charge in [0.2, 0.25) is 0 Å². The Bertz CT molecular complexity index is 275. The third kappa shape index (κ3) is 9.04. The Kier molecular flexibility index (Phi) is 10.4. The summed E-state index contributed by atoms with van der Waals surface area (Å²) in [6, 6.07) is 0. The summed E-state index contributed by atoms with van der Waals surface area (Å²) in [4.78, 5) is 0. The minimum atomic E-state index is -0.0458. The zero-order valence-corrected chi connectivity index (χ0v) is 15.9. The van der Waals surface area contributed by atoms with E-state index in [1.165, 1.54) is 0 Å². The van der Waals surface area contributed by atoms with Crippen LogP contribution in [0.2, 0.25) is 0 Å². The van der Waals surface area contributed by atoms with Gasteiger partial charge in [-0.3, -0.25) is 0 Å². The summed E-state index contributed by atoms with van der Waals surface area (Å²) in [5.74, 6) is 1.21.